The third-order valence-corrected chi connectivity index (χ3v) is 4.75. The van der Waals surface area contributed by atoms with E-state index < -0.39 is 6.04 Å². The van der Waals surface area contributed by atoms with Gasteiger partial charge in [0.1, 0.15) is 17.2 Å². The zero-order valence-electron chi connectivity index (χ0n) is 17.2. The summed E-state index contributed by atoms with van der Waals surface area (Å²) in [5.74, 6) is 1.84. The van der Waals surface area contributed by atoms with E-state index in [-0.39, 0.29) is 12.6 Å². The number of carbonyl (C=O) groups excluding carboxylic acids is 1. The first-order valence-electron chi connectivity index (χ1n) is 9.20. The standard InChI is InChI=1S/C20H24N6O4/c1-13-22-23-24-26(13)17-11-15(7-10-19(17)30-4)21-20(28)25(2)18(12-27)14-5-8-16(29-3)9-6-14/h5-11,18,27H,12H2,1-4H3,(H,21,28)/t18-/m1/s1. The monoisotopic (exact) mass is 412 g/mol. The maximum absolute atomic E-state index is 12.8. The van der Waals surface area contributed by atoms with E-state index in [1.165, 1.54) is 9.58 Å². The number of nitrogens with one attached hydrogen (secondary N) is 1. The van der Waals surface area contributed by atoms with Gasteiger partial charge in [0, 0.05) is 12.7 Å². The van der Waals surface area contributed by atoms with Crippen molar-refractivity contribution in [3.8, 4) is 17.2 Å². The number of anilines is 1. The van der Waals surface area contributed by atoms with E-state index in [2.05, 4.69) is 20.8 Å². The van der Waals surface area contributed by atoms with Crippen LogP contribution in [0.25, 0.3) is 5.69 Å². The summed E-state index contributed by atoms with van der Waals surface area (Å²) in [7, 11) is 4.75. The first-order chi connectivity index (χ1) is 14.5. The molecular weight excluding hydrogens is 388 g/mol. The van der Waals surface area contributed by atoms with Crippen LogP contribution >= 0.6 is 0 Å². The Hall–Kier alpha value is -3.66. The van der Waals surface area contributed by atoms with E-state index in [9.17, 15) is 9.90 Å². The molecule has 30 heavy (non-hydrogen) atoms. The molecule has 0 bridgehead atoms. The van der Waals surface area contributed by atoms with Gasteiger partial charge in [0.2, 0.25) is 0 Å². The molecule has 158 valence electrons. The number of methoxy groups -OCH3 is 2. The average Bonchev–Trinajstić information content (AvgIpc) is 3.20. The Balaban J connectivity index is 1.81. The highest BCUT2D eigenvalue weighted by Gasteiger charge is 2.22. The van der Waals surface area contributed by atoms with Crippen LogP contribution in [0.3, 0.4) is 0 Å². The topological polar surface area (TPSA) is 115 Å². The Morgan fingerprint density at radius 2 is 1.93 bits per heavy atom. The van der Waals surface area contributed by atoms with Gasteiger partial charge < -0.3 is 24.8 Å². The molecule has 10 nitrogen and oxygen atoms in total. The molecule has 3 rings (SSSR count). The van der Waals surface area contributed by atoms with E-state index >= 15 is 0 Å². The highest BCUT2D eigenvalue weighted by atomic mass is 16.5. The fourth-order valence-electron chi connectivity index (χ4n) is 3.02. The molecule has 0 unspecified atom stereocenters. The minimum Gasteiger partial charge on any atom is -0.497 e. The van der Waals surface area contributed by atoms with Crippen molar-refractivity contribution >= 4 is 11.7 Å². The number of urea groups is 1. The van der Waals surface area contributed by atoms with Gasteiger partial charge in [-0.05, 0) is 53.2 Å². The number of aliphatic hydroxyl groups is 1. The highest BCUT2D eigenvalue weighted by Crippen LogP contribution is 2.27. The Labute approximate surface area is 174 Å². The lowest BCUT2D eigenvalue weighted by Crippen LogP contribution is -2.36. The van der Waals surface area contributed by atoms with Crippen molar-refractivity contribution in [1.82, 2.24) is 25.1 Å². The molecule has 0 fully saturated rings. The molecule has 3 aromatic rings. The highest BCUT2D eigenvalue weighted by molar-refractivity contribution is 5.90. The first-order valence-corrected chi connectivity index (χ1v) is 9.20. The van der Waals surface area contributed by atoms with Gasteiger partial charge in [-0.1, -0.05) is 12.1 Å². The van der Waals surface area contributed by atoms with Crippen LogP contribution < -0.4 is 14.8 Å². The fraction of sp³-hybridized carbons (Fsp3) is 0.300. The van der Waals surface area contributed by atoms with Crippen molar-refractivity contribution in [3.05, 3.63) is 53.9 Å². The second-order valence-electron chi connectivity index (χ2n) is 6.54. The Kier molecular flexibility index (Phi) is 6.48. The number of likely N-dealkylation sites (N-methyl/N-ethyl adjacent to an activating group) is 1. The number of hydrogen-bond donors (Lipinski definition) is 2. The summed E-state index contributed by atoms with van der Waals surface area (Å²) in [5.41, 5.74) is 1.91. The fourth-order valence-corrected chi connectivity index (χ4v) is 3.02. The molecule has 0 saturated carbocycles. The number of benzene rings is 2. The minimum atomic E-state index is -0.518. The molecule has 0 spiro atoms. The van der Waals surface area contributed by atoms with Crippen molar-refractivity contribution in [2.45, 2.75) is 13.0 Å². The predicted molar refractivity (Wildman–Crippen MR) is 110 cm³/mol. The lowest BCUT2D eigenvalue weighted by atomic mass is 10.1. The van der Waals surface area contributed by atoms with Gasteiger partial charge in [0.25, 0.3) is 0 Å². The van der Waals surface area contributed by atoms with Gasteiger partial charge in [0.15, 0.2) is 5.82 Å². The average molecular weight is 412 g/mol. The smallest absolute Gasteiger partial charge is 0.322 e. The van der Waals surface area contributed by atoms with Crippen molar-refractivity contribution in [3.63, 3.8) is 0 Å². The number of tetrazole rings is 1. The molecule has 0 aliphatic rings. The first kappa shape index (κ1) is 21.1. The molecule has 2 amide bonds. The molecule has 1 aromatic heterocycles. The summed E-state index contributed by atoms with van der Waals surface area (Å²) in [5, 5.41) is 24.2. The number of rotatable bonds is 7. The van der Waals surface area contributed by atoms with Crippen LogP contribution in [0.2, 0.25) is 0 Å². The Morgan fingerprint density at radius 3 is 2.50 bits per heavy atom. The van der Waals surface area contributed by atoms with Gasteiger partial charge in [-0.3, -0.25) is 0 Å². The van der Waals surface area contributed by atoms with Gasteiger partial charge in [-0.25, -0.2) is 4.79 Å². The van der Waals surface area contributed by atoms with E-state index in [1.807, 2.05) is 12.1 Å². The van der Waals surface area contributed by atoms with Gasteiger partial charge in [0.05, 0.1) is 26.9 Å². The molecule has 10 heteroatoms. The maximum atomic E-state index is 12.8. The lowest BCUT2D eigenvalue weighted by Gasteiger charge is -2.27. The molecular formula is C20H24N6O4. The second-order valence-corrected chi connectivity index (χ2v) is 6.54. The second kappa shape index (κ2) is 9.23. The number of nitrogens with zero attached hydrogens (tertiary/aromatic N) is 5. The van der Waals surface area contributed by atoms with Crippen LogP contribution in [-0.4, -0.2) is 64.1 Å². The van der Waals surface area contributed by atoms with Gasteiger partial charge >= 0.3 is 6.03 Å². The SMILES string of the molecule is COc1ccc([C@@H](CO)N(C)C(=O)Nc2ccc(OC)c(-n3nnnc3C)c2)cc1. The third-order valence-electron chi connectivity index (χ3n) is 4.75. The van der Waals surface area contributed by atoms with Crippen LogP contribution in [0, 0.1) is 6.92 Å². The molecule has 1 atom stereocenters. The molecule has 1 heterocycles. The van der Waals surface area contributed by atoms with Gasteiger partial charge in [-0.2, -0.15) is 4.68 Å². The summed E-state index contributed by atoms with van der Waals surface area (Å²) in [4.78, 5) is 14.3. The van der Waals surface area contributed by atoms with Crippen LogP contribution in [0.1, 0.15) is 17.4 Å². The van der Waals surface area contributed by atoms with Crippen LogP contribution in [-0.2, 0) is 0 Å². The van der Waals surface area contributed by atoms with Crippen LogP contribution in [0.15, 0.2) is 42.5 Å². The summed E-state index contributed by atoms with van der Waals surface area (Å²) >= 11 is 0. The predicted octanol–water partition coefficient (Wildman–Crippen LogP) is 2.19. The Morgan fingerprint density at radius 1 is 1.20 bits per heavy atom. The molecule has 2 aromatic carbocycles. The van der Waals surface area contributed by atoms with E-state index in [0.717, 1.165) is 5.56 Å². The minimum absolute atomic E-state index is 0.228. The number of aryl methyl sites for hydroxylation is 1. The number of hydrogen-bond acceptors (Lipinski definition) is 7. The summed E-state index contributed by atoms with van der Waals surface area (Å²) in [6.45, 7) is 1.53. The zero-order chi connectivity index (χ0) is 21.7. The maximum Gasteiger partial charge on any atom is 0.322 e. The number of aromatic nitrogens is 4. The number of amides is 2. The molecule has 2 N–H and O–H groups in total. The summed E-state index contributed by atoms with van der Waals surface area (Å²) in [6, 6.07) is 11.5. The number of carbonyl (C=O) groups is 1. The number of aliphatic hydroxyl groups excluding tert-OH is 1. The van der Waals surface area contributed by atoms with E-state index in [4.69, 9.17) is 9.47 Å². The van der Waals surface area contributed by atoms with Crippen LogP contribution in [0.4, 0.5) is 10.5 Å². The normalized spacial score (nSPS) is 11.6. The van der Waals surface area contributed by atoms with Crippen molar-refractivity contribution in [1.29, 1.82) is 0 Å². The van der Waals surface area contributed by atoms with Crippen molar-refractivity contribution in [2.75, 3.05) is 33.2 Å². The largest absolute Gasteiger partial charge is 0.497 e. The van der Waals surface area contributed by atoms with Crippen molar-refractivity contribution in [2.24, 2.45) is 0 Å². The van der Waals surface area contributed by atoms with Crippen LogP contribution in [0.5, 0.6) is 11.5 Å². The summed E-state index contributed by atoms with van der Waals surface area (Å²) < 4.78 is 12.1. The number of ether oxygens (including phenoxy) is 2. The van der Waals surface area contributed by atoms with E-state index in [1.54, 1.807) is 58.5 Å². The molecule has 0 aliphatic heterocycles. The van der Waals surface area contributed by atoms with Gasteiger partial charge in [-0.15, -0.1) is 5.10 Å². The summed E-state index contributed by atoms with van der Waals surface area (Å²) in [6.07, 6.45) is 0. The Bertz CT molecular complexity index is 1000. The lowest BCUT2D eigenvalue weighted by molar-refractivity contribution is 0.159. The quantitative estimate of drug-likeness (QED) is 0.611. The third kappa shape index (κ3) is 4.33. The molecule has 0 aliphatic carbocycles. The van der Waals surface area contributed by atoms with Crippen molar-refractivity contribution < 1.29 is 19.4 Å². The zero-order valence-corrected chi connectivity index (χ0v) is 17.2. The van der Waals surface area contributed by atoms with E-state index in [0.29, 0.717) is 28.7 Å². The molecule has 0 radical (unpaired) electrons. The molecule has 0 saturated heterocycles.